The summed E-state index contributed by atoms with van der Waals surface area (Å²) in [6.45, 7) is 11.7. The Morgan fingerprint density at radius 3 is 1.98 bits per heavy atom. The Balaban J connectivity index is 1.67. The Bertz CT molecular complexity index is 1650. The van der Waals surface area contributed by atoms with Crippen molar-refractivity contribution in [2.75, 3.05) is 19.4 Å². The highest BCUT2D eigenvalue weighted by atomic mass is 31.2. The standard InChI is InChI=1S/C38H46FO5PSi/c1-26-22-27(2)32(33(23-26)29-18-19-35(39)28(3)24-29)20-21-45(42,43-7)25-34(38(4,5)6)36(37(40)41)44-46(30-14-10-8-11-15-30)31-16-12-9-13-17-31/h8-19,22-24,34,36,46H,20-21,25H2,1-7H3,(H,40,41)/t34?,36-,45?/m0/s1. The zero-order valence-electron chi connectivity index (χ0n) is 27.9. The van der Waals surface area contributed by atoms with E-state index in [4.69, 9.17) is 8.95 Å². The minimum atomic E-state index is -3.35. The molecule has 4 aromatic rings. The van der Waals surface area contributed by atoms with Crippen LogP contribution in [-0.4, -0.2) is 45.7 Å². The highest BCUT2D eigenvalue weighted by Gasteiger charge is 2.43. The van der Waals surface area contributed by atoms with Crippen molar-refractivity contribution in [3.8, 4) is 11.1 Å². The number of aryl methyl sites for hydroxylation is 3. The average molecular weight is 661 g/mol. The summed E-state index contributed by atoms with van der Waals surface area (Å²) in [6, 6.07) is 28.8. The number of halogens is 1. The molecule has 0 amide bonds. The summed E-state index contributed by atoms with van der Waals surface area (Å²) in [5.74, 6) is -1.93. The van der Waals surface area contributed by atoms with Crippen molar-refractivity contribution in [2.24, 2.45) is 11.3 Å². The second kappa shape index (κ2) is 15.0. The number of carboxylic acid groups (broad SMARTS) is 1. The summed E-state index contributed by atoms with van der Waals surface area (Å²) < 4.78 is 41.2. The lowest BCUT2D eigenvalue weighted by Crippen LogP contribution is -2.52. The van der Waals surface area contributed by atoms with Crippen LogP contribution in [0.1, 0.15) is 43.0 Å². The van der Waals surface area contributed by atoms with Gasteiger partial charge < -0.3 is 14.1 Å². The van der Waals surface area contributed by atoms with E-state index >= 15 is 0 Å². The van der Waals surface area contributed by atoms with Gasteiger partial charge in [0.15, 0.2) is 0 Å². The third-order valence-electron chi connectivity index (χ3n) is 8.80. The monoisotopic (exact) mass is 660 g/mol. The summed E-state index contributed by atoms with van der Waals surface area (Å²) in [4.78, 5) is 13.0. The zero-order chi connectivity index (χ0) is 33.6. The second-order valence-corrected chi connectivity index (χ2v) is 18.5. The number of carbonyl (C=O) groups is 1. The third kappa shape index (κ3) is 8.71. The van der Waals surface area contributed by atoms with Crippen LogP contribution in [0.4, 0.5) is 4.39 Å². The van der Waals surface area contributed by atoms with Crippen molar-refractivity contribution in [3.63, 3.8) is 0 Å². The molecule has 8 heteroatoms. The smallest absolute Gasteiger partial charge is 0.331 e. The summed E-state index contributed by atoms with van der Waals surface area (Å²) in [6.07, 6.45) is -0.439. The van der Waals surface area contributed by atoms with Gasteiger partial charge in [-0.3, -0.25) is 4.57 Å². The van der Waals surface area contributed by atoms with Crippen LogP contribution in [0.2, 0.25) is 0 Å². The molecular formula is C38H46FO5PSi. The van der Waals surface area contributed by atoms with Gasteiger partial charge >= 0.3 is 5.97 Å². The van der Waals surface area contributed by atoms with Crippen molar-refractivity contribution in [1.29, 1.82) is 0 Å². The molecule has 46 heavy (non-hydrogen) atoms. The molecule has 0 saturated heterocycles. The second-order valence-electron chi connectivity index (χ2n) is 13.3. The van der Waals surface area contributed by atoms with Crippen LogP contribution in [0.5, 0.6) is 0 Å². The SMILES string of the molecule is COP(=O)(CCc1c(C)cc(C)cc1-c1ccc(F)c(C)c1)CC([C@H](O[SiH](c1ccccc1)c1ccccc1)C(=O)O)C(C)(C)C. The first kappa shape index (κ1) is 35.5. The molecule has 0 heterocycles. The van der Waals surface area contributed by atoms with E-state index in [1.165, 1.54) is 13.2 Å². The van der Waals surface area contributed by atoms with Crippen LogP contribution >= 0.6 is 7.37 Å². The van der Waals surface area contributed by atoms with Crippen molar-refractivity contribution < 1.29 is 27.8 Å². The van der Waals surface area contributed by atoms with Crippen molar-refractivity contribution in [1.82, 2.24) is 0 Å². The number of benzene rings is 4. The van der Waals surface area contributed by atoms with Crippen LogP contribution in [0.15, 0.2) is 91.0 Å². The van der Waals surface area contributed by atoms with Gasteiger partial charge in [-0.2, -0.15) is 0 Å². The van der Waals surface area contributed by atoms with Crippen LogP contribution in [0, 0.1) is 37.9 Å². The van der Waals surface area contributed by atoms with E-state index in [-0.39, 0.29) is 18.1 Å². The van der Waals surface area contributed by atoms with Gasteiger partial charge in [0.05, 0.1) is 0 Å². The highest BCUT2D eigenvalue weighted by Crippen LogP contribution is 2.52. The molecule has 3 atom stereocenters. The van der Waals surface area contributed by atoms with Crippen LogP contribution in [0.3, 0.4) is 0 Å². The molecule has 0 fully saturated rings. The van der Waals surface area contributed by atoms with Crippen molar-refractivity contribution >= 4 is 32.8 Å². The lowest BCUT2D eigenvalue weighted by atomic mass is 9.78. The Morgan fingerprint density at radius 2 is 1.48 bits per heavy atom. The average Bonchev–Trinajstić information content (AvgIpc) is 3.01. The number of hydrogen-bond acceptors (Lipinski definition) is 4. The molecule has 0 aliphatic rings. The molecule has 1 N–H and O–H groups in total. The number of rotatable bonds is 13. The van der Waals surface area contributed by atoms with Crippen molar-refractivity contribution in [3.05, 3.63) is 119 Å². The fourth-order valence-electron chi connectivity index (χ4n) is 6.14. The molecule has 0 spiro atoms. The minimum absolute atomic E-state index is 0.0601. The maximum Gasteiger partial charge on any atom is 0.331 e. The Kier molecular flexibility index (Phi) is 11.6. The van der Waals surface area contributed by atoms with Gasteiger partial charge in [0.25, 0.3) is 0 Å². The Labute approximate surface area is 275 Å². The van der Waals surface area contributed by atoms with Gasteiger partial charge in [0, 0.05) is 25.4 Å². The molecule has 0 aliphatic heterocycles. The van der Waals surface area contributed by atoms with Gasteiger partial charge in [-0.15, -0.1) is 0 Å². The molecule has 0 aliphatic carbocycles. The third-order valence-corrected chi connectivity index (χ3v) is 13.9. The Hall–Kier alpha value is -3.35. The lowest BCUT2D eigenvalue weighted by Gasteiger charge is -2.38. The van der Waals surface area contributed by atoms with Crippen molar-refractivity contribution in [2.45, 2.75) is 54.1 Å². The van der Waals surface area contributed by atoms with Gasteiger partial charge in [-0.05, 0) is 82.9 Å². The largest absolute Gasteiger partial charge is 0.479 e. The predicted octanol–water partition coefficient (Wildman–Crippen LogP) is 7.56. The molecule has 0 saturated carbocycles. The van der Waals surface area contributed by atoms with Gasteiger partial charge in [0.1, 0.15) is 11.9 Å². The predicted molar refractivity (Wildman–Crippen MR) is 189 cm³/mol. The van der Waals surface area contributed by atoms with E-state index < -0.39 is 39.8 Å². The van der Waals surface area contributed by atoms with Crippen LogP contribution < -0.4 is 10.4 Å². The maximum atomic E-state index is 14.6. The highest BCUT2D eigenvalue weighted by molar-refractivity contribution is 7.59. The van der Waals surface area contributed by atoms with Gasteiger partial charge in [-0.25, -0.2) is 9.18 Å². The van der Waals surface area contributed by atoms with E-state index in [1.54, 1.807) is 13.0 Å². The molecule has 244 valence electrons. The fourth-order valence-corrected chi connectivity index (χ4v) is 11.0. The first-order chi connectivity index (χ1) is 21.7. The lowest BCUT2D eigenvalue weighted by molar-refractivity contribution is -0.149. The molecule has 0 radical (unpaired) electrons. The van der Waals surface area contributed by atoms with E-state index in [9.17, 15) is 18.9 Å². The van der Waals surface area contributed by atoms with Crippen LogP contribution in [0.25, 0.3) is 11.1 Å². The number of carboxylic acids is 1. The zero-order valence-corrected chi connectivity index (χ0v) is 30.0. The van der Waals surface area contributed by atoms with Gasteiger partial charge in [-0.1, -0.05) is 105 Å². The molecule has 0 aromatic heterocycles. The molecule has 0 bridgehead atoms. The fraction of sp³-hybridized carbons (Fsp3) is 0.342. The van der Waals surface area contributed by atoms with Gasteiger partial charge in [0.2, 0.25) is 16.4 Å². The molecule has 2 unspecified atom stereocenters. The van der Waals surface area contributed by atoms with E-state index in [2.05, 4.69) is 12.1 Å². The van der Waals surface area contributed by atoms with E-state index in [1.807, 2.05) is 101 Å². The summed E-state index contributed by atoms with van der Waals surface area (Å²) in [5, 5.41) is 12.6. The molecule has 5 nitrogen and oxygen atoms in total. The first-order valence-corrected chi connectivity index (χ1v) is 19.3. The summed E-state index contributed by atoms with van der Waals surface area (Å²) >= 11 is 0. The quantitative estimate of drug-likeness (QED) is 0.118. The molecule has 4 aromatic carbocycles. The topological polar surface area (TPSA) is 72.8 Å². The van der Waals surface area contributed by atoms with E-state index in [0.29, 0.717) is 12.0 Å². The Morgan fingerprint density at radius 1 is 0.891 bits per heavy atom. The number of aliphatic carboxylic acids is 1. The summed E-state index contributed by atoms with van der Waals surface area (Å²) in [7, 11) is -4.33. The molecular weight excluding hydrogens is 614 g/mol. The summed E-state index contributed by atoms with van der Waals surface area (Å²) in [5.41, 5.74) is 5.04. The first-order valence-electron chi connectivity index (χ1n) is 15.7. The van der Waals surface area contributed by atoms with E-state index in [0.717, 1.165) is 38.2 Å². The normalized spacial score (nSPS) is 14.5. The number of hydrogen-bond donors (Lipinski definition) is 1. The van der Waals surface area contributed by atoms with Crippen LogP contribution in [-0.2, 0) is 24.7 Å². The maximum absolute atomic E-state index is 14.6. The molecule has 4 rings (SSSR count). The minimum Gasteiger partial charge on any atom is -0.479 e.